The highest BCUT2D eigenvalue weighted by Gasteiger charge is 2.18. The van der Waals surface area contributed by atoms with Gasteiger partial charge in [-0.05, 0) is 11.5 Å². The fourth-order valence-corrected chi connectivity index (χ4v) is 1.36. The molecule has 0 atom stereocenters. The largest absolute Gasteiger partial charge is 0.478 e. The predicted octanol–water partition coefficient (Wildman–Crippen LogP) is 2.15. The van der Waals surface area contributed by atoms with Crippen molar-refractivity contribution in [2.24, 2.45) is 5.41 Å². The number of carboxylic acids is 1. The third-order valence-corrected chi connectivity index (χ3v) is 2.02. The summed E-state index contributed by atoms with van der Waals surface area (Å²) in [6.45, 7) is 5.82. The molecule has 1 heterocycles. The van der Waals surface area contributed by atoms with Crippen molar-refractivity contribution in [2.45, 2.75) is 27.2 Å². The Hall–Kier alpha value is -1.91. The second kappa shape index (κ2) is 4.95. The summed E-state index contributed by atoms with van der Waals surface area (Å²) in [6, 6.07) is 1.36. The Balaban J connectivity index is 2.82. The van der Waals surface area contributed by atoms with Crippen molar-refractivity contribution in [2.75, 3.05) is 5.32 Å². The minimum atomic E-state index is -1.08. The summed E-state index contributed by atoms with van der Waals surface area (Å²) in [5, 5.41) is 11.5. The van der Waals surface area contributed by atoms with Crippen LogP contribution in [0.3, 0.4) is 0 Å². The van der Waals surface area contributed by atoms with Gasteiger partial charge in [0.25, 0.3) is 0 Å². The van der Waals surface area contributed by atoms with E-state index in [4.69, 9.17) is 5.11 Å². The third-order valence-electron chi connectivity index (χ3n) is 2.02. The highest BCUT2D eigenvalue weighted by molar-refractivity contribution is 6.00. The fraction of sp³-hybridized carbons (Fsp3) is 0.417. The summed E-state index contributed by atoms with van der Waals surface area (Å²) in [5.41, 5.74) is 0.131. The molecule has 17 heavy (non-hydrogen) atoms. The summed E-state index contributed by atoms with van der Waals surface area (Å²) in [6.07, 6.45) is 3.04. The lowest BCUT2D eigenvalue weighted by Gasteiger charge is -2.17. The summed E-state index contributed by atoms with van der Waals surface area (Å²) in [4.78, 5) is 26.4. The van der Waals surface area contributed by atoms with Crippen LogP contribution in [-0.2, 0) is 4.79 Å². The van der Waals surface area contributed by atoms with Crippen molar-refractivity contribution in [1.29, 1.82) is 0 Å². The lowest BCUT2D eigenvalue weighted by atomic mass is 9.92. The molecule has 1 aromatic heterocycles. The van der Waals surface area contributed by atoms with Gasteiger partial charge in [-0.2, -0.15) is 0 Å². The lowest BCUT2D eigenvalue weighted by Crippen LogP contribution is -2.21. The van der Waals surface area contributed by atoms with Crippen LogP contribution in [0.15, 0.2) is 18.5 Å². The zero-order chi connectivity index (χ0) is 13.1. The minimum Gasteiger partial charge on any atom is -0.478 e. The van der Waals surface area contributed by atoms with Crippen molar-refractivity contribution >= 4 is 17.6 Å². The Morgan fingerprint density at radius 1 is 1.41 bits per heavy atom. The van der Waals surface area contributed by atoms with Crippen LogP contribution in [-0.4, -0.2) is 22.0 Å². The highest BCUT2D eigenvalue weighted by atomic mass is 16.4. The van der Waals surface area contributed by atoms with Gasteiger partial charge in [-0.1, -0.05) is 20.8 Å². The molecule has 0 saturated carbocycles. The van der Waals surface area contributed by atoms with E-state index in [9.17, 15) is 9.59 Å². The number of aromatic nitrogens is 1. The van der Waals surface area contributed by atoms with Crippen molar-refractivity contribution in [3.8, 4) is 0 Å². The van der Waals surface area contributed by atoms with Gasteiger partial charge in [-0.15, -0.1) is 0 Å². The van der Waals surface area contributed by atoms with E-state index in [2.05, 4.69) is 10.3 Å². The predicted molar refractivity (Wildman–Crippen MR) is 63.9 cm³/mol. The smallest absolute Gasteiger partial charge is 0.337 e. The van der Waals surface area contributed by atoms with E-state index >= 15 is 0 Å². The SMILES string of the molecule is CC(C)(C)CC(=O)Nc1cnccc1C(=O)O. The zero-order valence-electron chi connectivity index (χ0n) is 10.2. The van der Waals surface area contributed by atoms with Crippen molar-refractivity contribution in [1.82, 2.24) is 4.98 Å². The molecule has 1 amide bonds. The lowest BCUT2D eigenvalue weighted by molar-refractivity contribution is -0.117. The number of hydrogen-bond donors (Lipinski definition) is 2. The normalized spacial score (nSPS) is 11.0. The molecule has 0 unspecified atom stereocenters. The van der Waals surface area contributed by atoms with Crippen LogP contribution in [0.4, 0.5) is 5.69 Å². The van der Waals surface area contributed by atoms with Gasteiger partial charge in [0.2, 0.25) is 5.91 Å². The van der Waals surface area contributed by atoms with E-state index < -0.39 is 5.97 Å². The number of pyridine rings is 1. The molecule has 0 aromatic carbocycles. The molecule has 1 aromatic rings. The third kappa shape index (κ3) is 4.22. The van der Waals surface area contributed by atoms with Crippen LogP contribution in [0.1, 0.15) is 37.6 Å². The number of anilines is 1. The Bertz CT molecular complexity index is 436. The van der Waals surface area contributed by atoms with Crippen LogP contribution >= 0.6 is 0 Å². The number of carbonyl (C=O) groups excluding carboxylic acids is 1. The molecular weight excluding hydrogens is 220 g/mol. The molecule has 0 radical (unpaired) electrons. The van der Waals surface area contributed by atoms with Gasteiger partial charge >= 0.3 is 5.97 Å². The first-order valence-corrected chi connectivity index (χ1v) is 5.27. The molecule has 0 aliphatic rings. The number of nitrogens with one attached hydrogen (secondary N) is 1. The second-order valence-corrected chi connectivity index (χ2v) is 5.01. The van der Waals surface area contributed by atoms with E-state index in [0.29, 0.717) is 6.42 Å². The van der Waals surface area contributed by atoms with Gasteiger partial charge in [0, 0.05) is 12.6 Å². The average molecular weight is 236 g/mol. The van der Waals surface area contributed by atoms with Gasteiger partial charge in [0.05, 0.1) is 17.4 Å². The molecule has 0 bridgehead atoms. The Morgan fingerprint density at radius 2 is 2.06 bits per heavy atom. The van der Waals surface area contributed by atoms with Gasteiger partial charge in [0.1, 0.15) is 0 Å². The number of amides is 1. The highest BCUT2D eigenvalue weighted by Crippen LogP contribution is 2.20. The quantitative estimate of drug-likeness (QED) is 0.842. The summed E-state index contributed by atoms with van der Waals surface area (Å²) in [7, 11) is 0. The molecule has 0 fully saturated rings. The molecule has 92 valence electrons. The number of rotatable bonds is 3. The molecule has 5 heteroatoms. The van der Waals surface area contributed by atoms with Crippen LogP contribution in [0, 0.1) is 5.41 Å². The first kappa shape index (κ1) is 13.2. The number of nitrogens with zero attached hydrogens (tertiary/aromatic N) is 1. The van der Waals surface area contributed by atoms with E-state index in [-0.39, 0.29) is 22.6 Å². The van der Waals surface area contributed by atoms with E-state index in [1.54, 1.807) is 0 Å². The standard InChI is InChI=1S/C12H16N2O3/c1-12(2,3)6-10(15)14-9-7-13-5-4-8(9)11(16)17/h4-5,7H,6H2,1-3H3,(H,14,15)(H,16,17). The monoisotopic (exact) mass is 236 g/mol. The number of carboxylic acid groups (broad SMARTS) is 1. The number of aromatic carboxylic acids is 1. The number of carbonyl (C=O) groups is 2. The molecular formula is C12H16N2O3. The van der Waals surface area contributed by atoms with Gasteiger partial charge in [0.15, 0.2) is 0 Å². The van der Waals surface area contributed by atoms with E-state index in [1.807, 2.05) is 20.8 Å². The van der Waals surface area contributed by atoms with Gasteiger partial charge in [-0.25, -0.2) is 4.79 Å². The fourth-order valence-electron chi connectivity index (χ4n) is 1.36. The topological polar surface area (TPSA) is 79.3 Å². The summed E-state index contributed by atoms with van der Waals surface area (Å²) >= 11 is 0. The maximum atomic E-state index is 11.7. The maximum Gasteiger partial charge on any atom is 0.337 e. The van der Waals surface area contributed by atoms with Crippen LogP contribution in [0.25, 0.3) is 0 Å². The zero-order valence-corrected chi connectivity index (χ0v) is 10.2. The van der Waals surface area contributed by atoms with Crippen molar-refractivity contribution < 1.29 is 14.7 Å². The first-order valence-electron chi connectivity index (χ1n) is 5.27. The summed E-state index contributed by atoms with van der Waals surface area (Å²) < 4.78 is 0. The molecule has 0 aliphatic carbocycles. The Labute approximate surface area is 99.9 Å². The summed E-state index contributed by atoms with van der Waals surface area (Å²) in [5.74, 6) is -1.30. The van der Waals surface area contributed by atoms with Crippen LogP contribution in [0.5, 0.6) is 0 Å². The van der Waals surface area contributed by atoms with Gasteiger partial charge in [-0.3, -0.25) is 9.78 Å². The molecule has 2 N–H and O–H groups in total. The Kier molecular flexibility index (Phi) is 3.83. The van der Waals surface area contributed by atoms with E-state index in [0.717, 1.165) is 0 Å². The first-order chi connectivity index (χ1) is 7.79. The molecule has 0 aliphatic heterocycles. The maximum absolute atomic E-state index is 11.7. The molecule has 0 spiro atoms. The van der Waals surface area contributed by atoms with Crippen LogP contribution in [0.2, 0.25) is 0 Å². The number of hydrogen-bond acceptors (Lipinski definition) is 3. The van der Waals surface area contributed by atoms with Crippen LogP contribution < -0.4 is 5.32 Å². The Morgan fingerprint density at radius 3 is 2.59 bits per heavy atom. The van der Waals surface area contributed by atoms with Gasteiger partial charge < -0.3 is 10.4 Å². The minimum absolute atomic E-state index is 0.0438. The average Bonchev–Trinajstić information content (AvgIpc) is 2.14. The van der Waals surface area contributed by atoms with Crippen molar-refractivity contribution in [3.05, 3.63) is 24.0 Å². The molecule has 5 nitrogen and oxygen atoms in total. The molecule has 1 rings (SSSR count). The van der Waals surface area contributed by atoms with E-state index in [1.165, 1.54) is 18.5 Å². The second-order valence-electron chi connectivity index (χ2n) is 5.01. The molecule has 0 saturated heterocycles. The van der Waals surface area contributed by atoms with Crippen molar-refractivity contribution in [3.63, 3.8) is 0 Å².